The number of anilines is 1. The van der Waals surface area contributed by atoms with E-state index >= 15 is 0 Å². The number of aromatic nitrogens is 2. The highest BCUT2D eigenvalue weighted by molar-refractivity contribution is 5.97. The highest BCUT2D eigenvalue weighted by atomic mass is 16.2. The number of carbonyl (C=O) groups is 1. The van der Waals surface area contributed by atoms with Crippen LogP contribution in [0, 0.1) is 0 Å². The molecule has 3 N–H and O–H groups in total. The fourth-order valence-electron chi connectivity index (χ4n) is 2.27. The lowest BCUT2D eigenvalue weighted by molar-refractivity contribution is 0.0936. The van der Waals surface area contributed by atoms with Crippen molar-refractivity contribution >= 4 is 17.4 Å². The van der Waals surface area contributed by atoms with Gasteiger partial charge < -0.3 is 11.1 Å². The summed E-state index contributed by atoms with van der Waals surface area (Å²) in [4.78, 5) is 16.6. The summed E-state index contributed by atoms with van der Waals surface area (Å²) in [6.07, 6.45) is 1.79. The van der Waals surface area contributed by atoms with Crippen LogP contribution in [0.25, 0.3) is 5.65 Å². The highest BCUT2D eigenvalue weighted by Gasteiger charge is 2.18. The first-order valence-electron chi connectivity index (χ1n) is 6.75. The van der Waals surface area contributed by atoms with E-state index in [1.165, 1.54) is 0 Å². The number of amides is 1. The van der Waals surface area contributed by atoms with Crippen molar-refractivity contribution in [2.45, 2.75) is 13.0 Å². The van der Waals surface area contributed by atoms with Crippen LogP contribution < -0.4 is 11.1 Å². The summed E-state index contributed by atoms with van der Waals surface area (Å²) in [5.41, 5.74) is 7.94. The Labute approximate surface area is 122 Å². The number of benzene rings is 1. The van der Waals surface area contributed by atoms with Gasteiger partial charge in [0.05, 0.1) is 6.04 Å². The van der Waals surface area contributed by atoms with Gasteiger partial charge in [0.2, 0.25) is 0 Å². The number of fused-ring (bicyclic) bond motifs is 1. The van der Waals surface area contributed by atoms with E-state index in [0.29, 0.717) is 11.5 Å². The first-order chi connectivity index (χ1) is 10.2. The van der Waals surface area contributed by atoms with Gasteiger partial charge in [-0.15, -0.1) is 0 Å². The van der Waals surface area contributed by atoms with E-state index < -0.39 is 0 Å². The number of hydrogen-bond donors (Lipinski definition) is 2. The summed E-state index contributed by atoms with van der Waals surface area (Å²) in [6.45, 7) is 1.93. The molecule has 2 heterocycles. The molecule has 5 nitrogen and oxygen atoms in total. The van der Waals surface area contributed by atoms with Gasteiger partial charge in [-0.3, -0.25) is 9.20 Å². The van der Waals surface area contributed by atoms with E-state index in [9.17, 15) is 4.79 Å². The molecule has 0 saturated carbocycles. The van der Waals surface area contributed by atoms with E-state index in [2.05, 4.69) is 10.3 Å². The van der Waals surface area contributed by atoms with E-state index in [0.717, 1.165) is 5.56 Å². The van der Waals surface area contributed by atoms with Crippen molar-refractivity contribution in [3.63, 3.8) is 0 Å². The number of nitrogens with zero attached hydrogens (tertiary/aromatic N) is 2. The molecule has 0 spiro atoms. The van der Waals surface area contributed by atoms with Gasteiger partial charge in [0.25, 0.3) is 5.91 Å². The molecule has 3 aromatic rings. The molecule has 0 aliphatic heterocycles. The molecule has 5 heteroatoms. The molecule has 1 amide bonds. The Bertz CT molecular complexity index is 779. The molecule has 0 bridgehead atoms. The molecule has 1 aromatic carbocycles. The van der Waals surface area contributed by atoms with E-state index in [4.69, 9.17) is 5.73 Å². The Kier molecular flexibility index (Phi) is 3.31. The van der Waals surface area contributed by atoms with Gasteiger partial charge in [-0.2, -0.15) is 0 Å². The molecule has 106 valence electrons. The molecular weight excluding hydrogens is 264 g/mol. The lowest BCUT2D eigenvalue weighted by Gasteiger charge is -2.13. The molecule has 3 rings (SSSR count). The summed E-state index contributed by atoms with van der Waals surface area (Å²) in [5, 5.41) is 2.92. The van der Waals surface area contributed by atoms with E-state index in [-0.39, 0.29) is 17.6 Å². The number of nitrogens with two attached hydrogens (primary N) is 1. The smallest absolute Gasteiger partial charge is 0.274 e. The van der Waals surface area contributed by atoms with Gasteiger partial charge >= 0.3 is 0 Å². The maximum Gasteiger partial charge on any atom is 0.274 e. The van der Waals surface area contributed by atoms with Crippen molar-refractivity contribution < 1.29 is 4.79 Å². The summed E-state index contributed by atoms with van der Waals surface area (Å²) >= 11 is 0. The van der Waals surface area contributed by atoms with Gasteiger partial charge in [0, 0.05) is 6.20 Å². The fourth-order valence-corrected chi connectivity index (χ4v) is 2.27. The van der Waals surface area contributed by atoms with Gasteiger partial charge in [-0.05, 0) is 24.6 Å². The Morgan fingerprint density at radius 2 is 1.90 bits per heavy atom. The lowest BCUT2D eigenvalue weighted by atomic mass is 10.1. The van der Waals surface area contributed by atoms with Gasteiger partial charge in [0.1, 0.15) is 11.5 Å². The van der Waals surface area contributed by atoms with Crippen molar-refractivity contribution in [1.82, 2.24) is 14.7 Å². The zero-order chi connectivity index (χ0) is 14.8. The van der Waals surface area contributed by atoms with Crippen LogP contribution in [0.15, 0.2) is 54.7 Å². The number of carbonyl (C=O) groups excluding carboxylic acids is 1. The third kappa shape index (κ3) is 2.45. The number of hydrogen-bond acceptors (Lipinski definition) is 3. The first kappa shape index (κ1) is 13.2. The topological polar surface area (TPSA) is 72.4 Å². The zero-order valence-electron chi connectivity index (χ0n) is 11.7. The van der Waals surface area contributed by atoms with E-state index in [1.807, 2.05) is 55.5 Å². The number of rotatable bonds is 3. The summed E-state index contributed by atoms with van der Waals surface area (Å²) < 4.78 is 1.70. The second-order valence-electron chi connectivity index (χ2n) is 4.88. The normalized spacial score (nSPS) is 12.2. The molecule has 1 atom stereocenters. The predicted molar refractivity (Wildman–Crippen MR) is 81.9 cm³/mol. The average Bonchev–Trinajstić information content (AvgIpc) is 2.86. The monoisotopic (exact) mass is 280 g/mol. The van der Waals surface area contributed by atoms with Crippen LogP contribution in [-0.2, 0) is 0 Å². The molecular formula is C16H16N4O. The predicted octanol–water partition coefficient (Wildman–Crippen LogP) is 2.41. The molecule has 21 heavy (non-hydrogen) atoms. The molecule has 0 unspecified atom stereocenters. The maximum absolute atomic E-state index is 12.4. The van der Waals surface area contributed by atoms with Crippen LogP contribution in [0.4, 0.5) is 5.82 Å². The number of pyridine rings is 1. The van der Waals surface area contributed by atoms with Crippen LogP contribution >= 0.6 is 0 Å². The van der Waals surface area contributed by atoms with Crippen LogP contribution in [0.5, 0.6) is 0 Å². The summed E-state index contributed by atoms with van der Waals surface area (Å²) in [6, 6.07) is 15.2. The largest absolute Gasteiger partial charge is 0.383 e. The third-order valence-corrected chi connectivity index (χ3v) is 3.43. The Morgan fingerprint density at radius 3 is 2.62 bits per heavy atom. The SMILES string of the molecule is C[C@@H](NC(=O)c1nc2ccccn2c1N)c1ccccc1. The van der Waals surface area contributed by atoms with Crippen molar-refractivity contribution in [3.8, 4) is 0 Å². The quantitative estimate of drug-likeness (QED) is 0.773. The number of imidazole rings is 1. The summed E-state index contributed by atoms with van der Waals surface area (Å²) in [7, 11) is 0. The molecule has 2 aromatic heterocycles. The Balaban J connectivity index is 1.86. The van der Waals surface area contributed by atoms with Crippen LogP contribution in [0.2, 0.25) is 0 Å². The summed E-state index contributed by atoms with van der Waals surface area (Å²) in [5.74, 6) is 0.0796. The molecule has 0 aliphatic carbocycles. The molecule has 0 radical (unpaired) electrons. The van der Waals surface area contributed by atoms with Crippen LogP contribution in [0.1, 0.15) is 29.0 Å². The van der Waals surface area contributed by atoms with Crippen molar-refractivity contribution in [2.24, 2.45) is 0 Å². The molecule has 0 saturated heterocycles. The minimum absolute atomic E-state index is 0.108. The fraction of sp³-hybridized carbons (Fsp3) is 0.125. The van der Waals surface area contributed by atoms with Gasteiger partial charge in [-0.25, -0.2) is 4.98 Å². The van der Waals surface area contributed by atoms with Crippen molar-refractivity contribution in [3.05, 3.63) is 66.0 Å². The zero-order valence-corrected chi connectivity index (χ0v) is 11.7. The van der Waals surface area contributed by atoms with Gasteiger partial charge in [-0.1, -0.05) is 36.4 Å². The minimum atomic E-state index is -0.271. The first-order valence-corrected chi connectivity index (χ1v) is 6.75. The van der Waals surface area contributed by atoms with Gasteiger partial charge in [0.15, 0.2) is 5.69 Å². The molecule has 0 aliphatic rings. The third-order valence-electron chi connectivity index (χ3n) is 3.43. The standard InChI is InChI=1S/C16H16N4O/c1-11(12-7-3-2-4-8-12)18-16(21)14-15(17)20-10-6-5-9-13(20)19-14/h2-11H,17H2,1H3,(H,18,21)/t11-/m1/s1. The lowest BCUT2D eigenvalue weighted by Crippen LogP contribution is -2.27. The van der Waals surface area contributed by atoms with Crippen LogP contribution in [-0.4, -0.2) is 15.3 Å². The van der Waals surface area contributed by atoms with E-state index in [1.54, 1.807) is 10.6 Å². The average molecular weight is 280 g/mol. The van der Waals surface area contributed by atoms with Crippen molar-refractivity contribution in [1.29, 1.82) is 0 Å². The number of nitrogen functional groups attached to an aromatic ring is 1. The second-order valence-corrected chi connectivity index (χ2v) is 4.88. The maximum atomic E-state index is 12.4. The second kappa shape index (κ2) is 5.28. The Morgan fingerprint density at radius 1 is 1.19 bits per heavy atom. The minimum Gasteiger partial charge on any atom is -0.383 e. The molecule has 0 fully saturated rings. The van der Waals surface area contributed by atoms with Crippen LogP contribution in [0.3, 0.4) is 0 Å². The highest BCUT2D eigenvalue weighted by Crippen LogP contribution is 2.17. The number of nitrogens with one attached hydrogen (secondary N) is 1. The Hall–Kier alpha value is -2.82. The van der Waals surface area contributed by atoms with Crippen molar-refractivity contribution in [2.75, 3.05) is 5.73 Å².